The Labute approximate surface area is 182 Å². The van der Waals surface area contributed by atoms with Crippen LogP contribution in [0.2, 0.25) is 0 Å². The number of carbonyl (C=O) groups is 4. The molecule has 0 spiro atoms. The molecule has 0 radical (unpaired) electrons. The van der Waals surface area contributed by atoms with Crippen molar-refractivity contribution in [1.29, 1.82) is 0 Å². The van der Waals surface area contributed by atoms with E-state index in [2.05, 4.69) is 24.5 Å². The molecule has 31 heavy (non-hydrogen) atoms. The van der Waals surface area contributed by atoms with Crippen molar-refractivity contribution < 1.29 is 23.9 Å². The molecule has 0 bridgehead atoms. The Morgan fingerprint density at radius 1 is 1.13 bits per heavy atom. The summed E-state index contributed by atoms with van der Waals surface area (Å²) in [5.41, 5.74) is 1.04. The van der Waals surface area contributed by atoms with Crippen LogP contribution in [0.25, 0.3) is 0 Å². The fourth-order valence-corrected chi connectivity index (χ4v) is 4.53. The number of nitrogens with zero attached hydrogens (tertiary/aromatic N) is 1. The molecule has 1 aromatic rings. The van der Waals surface area contributed by atoms with Crippen molar-refractivity contribution >= 4 is 35.1 Å². The lowest BCUT2D eigenvalue weighted by molar-refractivity contribution is -0.151. The maximum absolute atomic E-state index is 12.5. The molecule has 1 saturated heterocycles. The number of esters is 1. The summed E-state index contributed by atoms with van der Waals surface area (Å²) in [6.07, 6.45) is 3.38. The van der Waals surface area contributed by atoms with Crippen molar-refractivity contribution in [2.75, 3.05) is 23.8 Å². The molecule has 2 N–H and O–H groups in total. The van der Waals surface area contributed by atoms with Crippen LogP contribution in [-0.4, -0.2) is 47.8 Å². The highest BCUT2D eigenvalue weighted by Crippen LogP contribution is 2.35. The first-order valence-electron chi connectivity index (χ1n) is 10.9. The summed E-state index contributed by atoms with van der Waals surface area (Å²) in [5, 5.41) is 5.27. The second-order valence-electron chi connectivity index (χ2n) is 8.70. The average molecular weight is 430 g/mol. The maximum atomic E-state index is 12.5. The molecule has 1 aliphatic carbocycles. The third-order valence-corrected chi connectivity index (χ3v) is 6.37. The van der Waals surface area contributed by atoms with Gasteiger partial charge in [-0.3, -0.25) is 19.2 Å². The molecule has 0 aromatic heterocycles. The molecular formula is C23H31N3O5. The van der Waals surface area contributed by atoms with Gasteiger partial charge in [-0.05, 0) is 36.5 Å². The molecule has 0 unspecified atom stereocenters. The number of benzene rings is 1. The number of carbonyl (C=O) groups excluding carboxylic acids is 4. The Bertz CT molecular complexity index is 855. The minimum absolute atomic E-state index is 0.00728. The van der Waals surface area contributed by atoms with Crippen LogP contribution in [0.3, 0.4) is 0 Å². The largest absolute Gasteiger partial charge is 0.455 e. The summed E-state index contributed by atoms with van der Waals surface area (Å²) in [4.78, 5) is 50.2. The molecule has 2 fully saturated rings. The Morgan fingerprint density at radius 2 is 1.84 bits per heavy atom. The molecule has 1 aliphatic heterocycles. The van der Waals surface area contributed by atoms with Crippen LogP contribution >= 0.6 is 0 Å². The van der Waals surface area contributed by atoms with Gasteiger partial charge in [0.25, 0.3) is 5.91 Å². The Hall–Kier alpha value is -2.90. The fraction of sp³-hybridized carbons (Fsp3) is 0.565. The number of amides is 3. The van der Waals surface area contributed by atoms with Gasteiger partial charge in [0.05, 0.1) is 5.92 Å². The lowest BCUT2D eigenvalue weighted by Gasteiger charge is -2.39. The van der Waals surface area contributed by atoms with Crippen LogP contribution in [-0.2, 0) is 23.9 Å². The predicted molar refractivity (Wildman–Crippen MR) is 116 cm³/mol. The molecule has 168 valence electrons. The third kappa shape index (κ3) is 5.83. The van der Waals surface area contributed by atoms with E-state index in [1.807, 2.05) is 4.90 Å². The van der Waals surface area contributed by atoms with Gasteiger partial charge in [-0.2, -0.15) is 0 Å². The third-order valence-electron chi connectivity index (χ3n) is 6.37. The van der Waals surface area contributed by atoms with Crippen LogP contribution in [0.15, 0.2) is 24.3 Å². The van der Waals surface area contributed by atoms with Crippen LogP contribution in [0.5, 0.6) is 0 Å². The molecule has 3 amide bonds. The summed E-state index contributed by atoms with van der Waals surface area (Å²) in [6, 6.07) is 6.85. The van der Waals surface area contributed by atoms with Gasteiger partial charge >= 0.3 is 5.97 Å². The van der Waals surface area contributed by atoms with Crippen LogP contribution in [0.1, 0.15) is 46.5 Å². The first-order valence-corrected chi connectivity index (χ1v) is 10.9. The minimum atomic E-state index is -0.534. The number of ether oxygens (including phenoxy) is 1. The highest BCUT2D eigenvalue weighted by molar-refractivity contribution is 5.95. The van der Waals surface area contributed by atoms with E-state index in [4.69, 9.17) is 4.74 Å². The zero-order valence-corrected chi connectivity index (χ0v) is 18.3. The van der Waals surface area contributed by atoms with Gasteiger partial charge in [-0.1, -0.05) is 32.8 Å². The first kappa shape index (κ1) is 22.8. The quantitative estimate of drug-likeness (QED) is 0.677. The second kappa shape index (κ2) is 9.94. The summed E-state index contributed by atoms with van der Waals surface area (Å²) < 4.78 is 5.19. The Morgan fingerprint density at radius 3 is 2.55 bits per heavy atom. The van der Waals surface area contributed by atoms with Crippen molar-refractivity contribution in [2.24, 2.45) is 17.8 Å². The number of likely N-dealkylation sites (tertiary alicyclic amines) is 1. The van der Waals surface area contributed by atoms with Crippen LogP contribution < -0.4 is 10.6 Å². The average Bonchev–Trinajstić information content (AvgIpc) is 3.09. The van der Waals surface area contributed by atoms with E-state index in [0.29, 0.717) is 29.8 Å². The lowest BCUT2D eigenvalue weighted by Crippen LogP contribution is -2.45. The van der Waals surface area contributed by atoms with Crippen LogP contribution in [0, 0.1) is 17.8 Å². The second-order valence-corrected chi connectivity index (χ2v) is 8.70. The molecule has 8 nitrogen and oxygen atoms in total. The SMILES string of the molecule is CC(=O)Nc1cccc(NC(=O)COC(=O)[C@@H]2CC(=O)N([C@@H]3CCC[C@H](C)[C@H]3C)C2)c1. The van der Waals surface area contributed by atoms with Crippen molar-refractivity contribution in [3.05, 3.63) is 24.3 Å². The van der Waals surface area contributed by atoms with Crippen molar-refractivity contribution in [2.45, 2.75) is 52.5 Å². The van der Waals surface area contributed by atoms with E-state index in [1.165, 1.54) is 13.3 Å². The van der Waals surface area contributed by atoms with E-state index >= 15 is 0 Å². The molecule has 8 heteroatoms. The van der Waals surface area contributed by atoms with Gasteiger partial charge in [0.15, 0.2) is 6.61 Å². The molecule has 4 atom stereocenters. The minimum Gasteiger partial charge on any atom is -0.455 e. The predicted octanol–water partition coefficient (Wildman–Crippen LogP) is 2.80. The standard InChI is InChI=1S/C23H31N3O5/c1-14-6-4-9-20(15(14)2)26-12-17(10-22(26)29)23(30)31-13-21(28)25-19-8-5-7-18(11-19)24-16(3)27/h5,7-8,11,14-15,17,20H,4,6,9-10,12-13H2,1-3H3,(H,24,27)(H,25,28)/t14-,15+,17+,20+/m0/s1. The monoisotopic (exact) mass is 429 g/mol. The van der Waals surface area contributed by atoms with Crippen molar-refractivity contribution in [1.82, 2.24) is 4.90 Å². The van der Waals surface area contributed by atoms with Gasteiger partial charge in [0.2, 0.25) is 11.8 Å². The lowest BCUT2D eigenvalue weighted by atomic mass is 9.77. The van der Waals surface area contributed by atoms with E-state index < -0.39 is 24.4 Å². The van der Waals surface area contributed by atoms with Gasteiger partial charge in [-0.25, -0.2) is 0 Å². The highest BCUT2D eigenvalue weighted by atomic mass is 16.5. The summed E-state index contributed by atoms with van der Waals surface area (Å²) in [6.45, 7) is 5.73. The zero-order chi connectivity index (χ0) is 22.5. The molecule has 2 aliphatic rings. The summed E-state index contributed by atoms with van der Waals surface area (Å²) in [7, 11) is 0. The number of hydrogen-bond acceptors (Lipinski definition) is 5. The number of rotatable bonds is 6. The van der Waals surface area contributed by atoms with Gasteiger partial charge in [0, 0.05) is 37.3 Å². The molecule has 1 aromatic carbocycles. The zero-order valence-electron chi connectivity index (χ0n) is 18.3. The fourth-order valence-electron chi connectivity index (χ4n) is 4.53. The smallest absolute Gasteiger partial charge is 0.311 e. The Balaban J connectivity index is 1.49. The van der Waals surface area contributed by atoms with E-state index in [-0.39, 0.29) is 24.3 Å². The maximum Gasteiger partial charge on any atom is 0.311 e. The van der Waals surface area contributed by atoms with Gasteiger partial charge in [-0.15, -0.1) is 0 Å². The van der Waals surface area contributed by atoms with E-state index in [1.54, 1.807) is 24.3 Å². The van der Waals surface area contributed by atoms with E-state index in [9.17, 15) is 19.2 Å². The van der Waals surface area contributed by atoms with Gasteiger partial charge < -0.3 is 20.3 Å². The van der Waals surface area contributed by atoms with Crippen LogP contribution in [0.4, 0.5) is 11.4 Å². The number of nitrogens with one attached hydrogen (secondary N) is 2. The van der Waals surface area contributed by atoms with Crippen molar-refractivity contribution in [3.63, 3.8) is 0 Å². The molecule has 1 saturated carbocycles. The number of anilines is 2. The summed E-state index contributed by atoms with van der Waals surface area (Å²) in [5.74, 6) is -0.787. The first-order chi connectivity index (χ1) is 14.7. The van der Waals surface area contributed by atoms with Crippen molar-refractivity contribution in [3.8, 4) is 0 Å². The molecule has 3 rings (SSSR count). The summed E-state index contributed by atoms with van der Waals surface area (Å²) >= 11 is 0. The molecule has 1 heterocycles. The van der Waals surface area contributed by atoms with Gasteiger partial charge in [0.1, 0.15) is 0 Å². The Kier molecular flexibility index (Phi) is 7.30. The number of hydrogen-bond donors (Lipinski definition) is 2. The highest BCUT2D eigenvalue weighted by Gasteiger charge is 2.42. The topological polar surface area (TPSA) is 105 Å². The van der Waals surface area contributed by atoms with E-state index in [0.717, 1.165) is 12.8 Å². The normalized spacial score (nSPS) is 25.8. The molecular weight excluding hydrogens is 398 g/mol.